The van der Waals surface area contributed by atoms with Crippen LogP contribution in [0.5, 0.6) is 0 Å². The summed E-state index contributed by atoms with van der Waals surface area (Å²) in [5, 5.41) is 9.73. The van der Waals surface area contributed by atoms with Crippen LogP contribution in [0.3, 0.4) is 0 Å². The summed E-state index contributed by atoms with van der Waals surface area (Å²) >= 11 is 0. The first-order valence-corrected chi connectivity index (χ1v) is 4.99. The average Bonchev–Trinajstić information content (AvgIpc) is 1.82. The molecule has 0 fully saturated rings. The van der Waals surface area contributed by atoms with Gasteiger partial charge in [-0.25, -0.2) is 0 Å². The van der Waals surface area contributed by atoms with Crippen LogP contribution in [0.4, 0.5) is 0 Å². The van der Waals surface area contributed by atoms with E-state index < -0.39 is 0 Å². The highest BCUT2D eigenvalue weighted by molar-refractivity contribution is 4.94. The quantitative estimate of drug-likeness (QED) is 0.652. The minimum absolute atomic E-state index is 0.0117. The van der Waals surface area contributed by atoms with Crippen LogP contribution in [0.25, 0.3) is 0 Å². The van der Waals surface area contributed by atoms with Gasteiger partial charge >= 0.3 is 0 Å². The van der Waals surface area contributed by atoms with Crippen LogP contribution in [-0.2, 0) is 0 Å². The molecule has 0 aliphatic carbocycles. The van der Waals surface area contributed by atoms with Gasteiger partial charge < -0.3 is 5.11 Å². The molecule has 0 radical (unpaired) electrons. The molecule has 0 rings (SSSR count). The molecule has 1 atom stereocenters. The Morgan fingerprint density at radius 3 is 1.85 bits per heavy atom. The smallest absolute Gasteiger partial charge is 0.0622 e. The fourth-order valence-electron chi connectivity index (χ4n) is 0.904. The number of aliphatic hydroxyl groups excluding tert-OH is 1. The van der Waals surface area contributed by atoms with Gasteiger partial charge in [0.05, 0.1) is 6.10 Å². The van der Waals surface area contributed by atoms with Crippen molar-refractivity contribution in [3.8, 4) is 0 Å². The number of allylic oxidation sites excluding steroid dienone is 1. The Bertz CT molecular complexity index is 167. The van der Waals surface area contributed by atoms with Gasteiger partial charge in [0, 0.05) is 0 Å². The molecule has 1 nitrogen and oxygen atoms in total. The van der Waals surface area contributed by atoms with Crippen LogP contribution in [0.2, 0.25) is 0 Å². The predicted octanol–water partition coefficient (Wildman–Crippen LogP) is 3.39. The normalized spacial score (nSPS) is 16.5. The molecule has 0 aromatic rings. The number of rotatable bonds is 2. The van der Waals surface area contributed by atoms with Crippen LogP contribution in [0, 0.1) is 10.8 Å². The van der Waals surface area contributed by atoms with E-state index in [-0.39, 0.29) is 16.9 Å². The summed E-state index contributed by atoms with van der Waals surface area (Å²) in [5.74, 6) is 0. The van der Waals surface area contributed by atoms with Crippen molar-refractivity contribution < 1.29 is 5.11 Å². The van der Waals surface area contributed by atoms with E-state index >= 15 is 0 Å². The molecule has 0 aliphatic heterocycles. The predicted molar refractivity (Wildman–Crippen MR) is 58.7 cm³/mol. The number of hydrogen-bond acceptors (Lipinski definition) is 1. The topological polar surface area (TPSA) is 20.2 Å². The summed E-state index contributed by atoms with van der Waals surface area (Å²) < 4.78 is 0. The van der Waals surface area contributed by atoms with E-state index in [0.29, 0.717) is 0 Å². The van der Waals surface area contributed by atoms with Crippen LogP contribution in [0.1, 0.15) is 48.0 Å². The van der Waals surface area contributed by atoms with Gasteiger partial charge in [-0.3, -0.25) is 0 Å². The highest BCUT2D eigenvalue weighted by Crippen LogP contribution is 2.23. The lowest BCUT2D eigenvalue weighted by Gasteiger charge is -2.25. The van der Waals surface area contributed by atoms with E-state index in [9.17, 15) is 5.11 Å². The third-order valence-electron chi connectivity index (χ3n) is 1.98. The van der Waals surface area contributed by atoms with E-state index in [1.165, 1.54) is 0 Å². The van der Waals surface area contributed by atoms with Crippen molar-refractivity contribution in [1.82, 2.24) is 0 Å². The second kappa shape index (κ2) is 4.28. The summed E-state index contributed by atoms with van der Waals surface area (Å²) in [4.78, 5) is 0. The molecule has 13 heavy (non-hydrogen) atoms. The number of hydrogen-bond donors (Lipinski definition) is 1. The van der Waals surface area contributed by atoms with E-state index in [2.05, 4.69) is 53.7 Å². The molecular formula is C12H24O. The highest BCUT2D eigenvalue weighted by atomic mass is 16.3. The molecule has 0 spiro atoms. The van der Waals surface area contributed by atoms with Gasteiger partial charge in [0.1, 0.15) is 0 Å². The Morgan fingerprint density at radius 2 is 1.54 bits per heavy atom. The third kappa shape index (κ3) is 6.83. The monoisotopic (exact) mass is 184 g/mol. The summed E-state index contributed by atoms with van der Waals surface area (Å²) in [6, 6.07) is 0. The molecule has 0 aromatic carbocycles. The Labute approximate surface area is 82.9 Å². The summed E-state index contributed by atoms with van der Waals surface area (Å²) in [6.45, 7) is 12.7. The van der Waals surface area contributed by atoms with Crippen molar-refractivity contribution in [2.45, 2.75) is 54.1 Å². The summed E-state index contributed by atoms with van der Waals surface area (Å²) in [6.07, 6.45) is 4.74. The van der Waals surface area contributed by atoms with Gasteiger partial charge in [0.15, 0.2) is 0 Å². The summed E-state index contributed by atoms with van der Waals surface area (Å²) in [5.41, 5.74) is 0.208. The van der Waals surface area contributed by atoms with Crippen molar-refractivity contribution in [2.24, 2.45) is 10.8 Å². The molecule has 0 aliphatic rings. The lowest BCUT2D eigenvalue weighted by atomic mass is 9.86. The molecule has 0 saturated carbocycles. The van der Waals surface area contributed by atoms with Crippen molar-refractivity contribution in [2.75, 3.05) is 0 Å². The standard InChI is InChI=1S/C12H24O/c1-11(2,3)9-7-8-10(13)12(4,5)6/h7,9-10,13H,8H2,1-6H3/b9-7+. The second-order valence-electron chi connectivity index (χ2n) is 5.89. The zero-order chi connectivity index (χ0) is 10.7. The SMILES string of the molecule is CC(C)(C)/C=C/CC(O)C(C)(C)C. The van der Waals surface area contributed by atoms with Crippen LogP contribution in [-0.4, -0.2) is 11.2 Å². The Morgan fingerprint density at radius 1 is 1.08 bits per heavy atom. The van der Waals surface area contributed by atoms with E-state index in [1.807, 2.05) is 0 Å². The number of aliphatic hydroxyl groups is 1. The van der Waals surface area contributed by atoms with Crippen LogP contribution in [0.15, 0.2) is 12.2 Å². The van der Waals surface area contributed by atoms with Crippen molar-refractivity contribution in [3.63, 3.8) is 0 Å². The molecule has 1 N–H and O–H groups in total. The molecule has 0 saturated heterocycles. The Hall–Kier alpha value is -0.300. The van der Waals surface area contributed by atoms with Gasteiger partial charge in [0.25, 0.3) is 0 Å². The van der Waals surface area contributed by atoms with Crippen molar-refractivity contribution >= 4 is 0 Å². The minimum atomic E-state index is -0.244. The highest BCUT2D eigenvalue weighted by Gasteiger charge is 2.20. The minimum Gasteiger partial charge on any atom is -0.392 e. The first-order chi connectivity index (χ1) is 5.63. The molecule has 0 aromatic heterocycles. The Balaban J connectivity index is 3.98. The van der Waals surface area contributed by atoms with Gasteiger partial charge in [-0.05, 0) is 17.3 Å². The van der Waals surface area contributed by atoms with Crippen molar-refractivity contribution in [1.29, 1.82) is 0 Å². The van der Waals surface area contributed by atoms with Crippen LogP contribution < -0.4 is 0 Å². The molecule has 1 unspecified atom stereocenters. The third-order valence-corrected chi connectivity index (χ3v) is 1.98. The molecule has 0 heterocycles. The zero-order valence-corrected chi connectivity index (χ0v) is 9.89. The summed E-state index contributed by atoms with van der Waals surface area (Å²) in [7, 11) is 0. The van der Waals surface area contributed by atoms with Gasteiger partial charge in [-0.2, -0.15) is 0 Å². The maximum atomic E-state index is 9.73. The van der Waals surface area contributed by atoms with Crippen molar-refractivity contribution in [3.05, 3.63) is 12.2 Å². The van der Waals surface area contributed by atoms with Crippen LogP contribution >= 0.6 is 0 Å². The molecular weight excluding hydrogens is 160 g/mol. The molecule has 78 valence electrons. The largest absolute Gasteiger partial charge is 0.392 e. The van der Waals surface area contributed by atoms with Gasteiger partial charge in [-0.15, -0.1) is 0 Å². The molecule has 1 heteroatoms. The van der Waals surface area contributed by atoms with E-state index in [0.717, 1.165) is 6.42 Å². The van der Waals surface area contributed by atoms with Gasteiger partial charge in [-0.1, -0.05) is 53.7 Å². The average molecular weight is 184 g/mol. The molecule has 0 bridgehead atoms. The first-order valence-electron chi connectivity index (χ1n) is 4.99. The lowest BCUT2D eigenvalue weighted by Crippen LogP contribution is -2.25. The maximum Gasteiger partial charge on any atom is 0.0622 e. The Kier molecular flexibility index (Phi) is 4.18. The second-order valence-corrected chi connectivity index (χ2v) is 5.89. The fourth-order valence-corrected chi connectivity index (χ4v) is 0.904. The zero-order valence-electron chi connectivity index (χ0n) is 9.89. The van der Waals surface area contributed by atoms with E-state index in [4.69, 9.17) is 0 Å². The molecule has 0 amide bonds. The van der Waals surface area contributed by atoms with Gasteiger partial charge in [0.2, 0.25) is 0 Å². The fraction of sp³-hybridized carbons (Fsp3) is 0.833. The maximum absolute atomic E-state index is 9.73. The van der Waals surface area contributed by atoms with E-state index in [1.54, 1.807) is 0 Å². The first kappa shape index (κ1) is 12.7. The lowest BCUT2D eigenvalue weighted by molar-refractivity contribution is 0.0658.